The fourth-order valence-electron chi connectivity index (χ4n) is 4.06. The van der Waals surface area contributed by atoms with Gasteiger partial charge in [-0.15, -0.1) is 11.3 Å². The first-order valence-electron chi connectivity index (χ1n) is 11.3. The van der Waals surface area contributed by atoms with Crippen LogP contribution in [-0.2, 0) is 9.53 Å². The zero-order valence-electron chi connectivity index (χ0n) is 19.9. The van der Waals surface area contributed by atoms with Gasteiger partial charge in [-0.25, -0.2) is 4.79 Å². The van der Waals surface area contributed by atoms with Crippen LogP contribution in [0.2, 0.25) is 0 Å². The topological polar surface area (TPSA) is 114 Å². The van der Waals surface area contributed by atoms with Gasteiger partial charge in [-0.3, -0.25) is 19.8 Å². The van der Waals surface area contributed by atoms with Crippen LogP contribution in [0, 0.1) is 10.1 Å². The minimum absolute atomic E-state index is 0.0594. The fraction of sp³-hybridized carbons (Fsp3) is 0.280. The Balaban J connectivity index is 1.38. The van der Waals surface area contributed by atoms with Crippen molar-refractivity contribution in [2.45, 2.75) is 0 Å². The van der Waals surface area contributed by atoms with E-state index in [1.807, 2.05) is 34.5 Å². The van der Waals surface area contributed by atoms with Crippen molar-refractivity contribution in [3.63, 3.8) is 0 Å². The van der Waals surface area contributed by atoms with Gasteiger partial charge in [0.25, 0.3) is 5.69 Å². The first-order valence-corrected chi connectivity index (χ1v) is 12.1. The van der Waals surface area contributed by atoms with Crippen LogP contribution in [0.4, 0.5) is 16.4 Å². The number of non-ortho nitro benzene ring substituents is 1. The second kappa shape index (κ2) is 11.2. The number of amides is 1. The highest BCUT2D eigenvalue weighted by Gasteiger charge is 2.24. The second-order valence-corrected chi connectivity index (χ2v) is 9.04. The number of carbonyl (C=O) groups is 2. The molecule has 2 heterocycles. The van der Waals surface area contributed by atoms with Crippen molar-refractivity contribution in [1.29, 1.82) is 0 Å². The molecule has 1 fully saturated rings. The summed E-state index contributed by atoms with van der Waals surface area (Å²) < 4.78 is 10.2. The van der Waals surface area contributed by atoms with Crippen molar-refractivity contribution >= 4 is 39.6 Å². The van der Waals surface area contributed by atoms with E-state index in [2.05, 4.69) is 10.2 Å². The number of benzene rings is 2. The summed E-state index contributed by atoms with van der Waals surface area (Å²) in [7, 11) is 2.90. The van der Waals surface area contributed by atoms with Crippen LogP contribution in [0.25, 0.3) is 11.1 Å². The number of anilines is 2. The van der Waals surface area contributed by atoms with E-state index < -0.39 is 10.9 Å². The Kier molecular flexibility index (Phi) is 7.81. The third-order valence-corrected chi connectivity index (χ3v) is 6.90. The maximum absolute atomic E-state index is 12.8. The van der Waals surface area contributed by atoms with E-state index in [9.17, 15) is 19.7 Å². The molecule has 1 aliphatic heterocycles. The van der Waals surface area contributed by atoms with Gasteiger partial charge in [0.1, 0.15) is 16.3 Å². The van der Waals surface area contributed by atoms with Gasteiger partial charge in [0.05, 0.1) is 25.7 Å². The van der Waals surface area contributed by atoms with Crippen molar-refractivity contribution in [1.82, 2.24) is 4.90 Å². The maximum Gasteiger partial charge on any atom is 0.341 e. The van der Waals surface area contributed by atoms with Gasteiger partial charge < -0.3 is 19.7 Å². The van der Waals surface area contributed by atoms with Crippen LogP contribution in [0.15, 0.2) is 53.9 Å². The summed E-state index contributed by atoms with van der Waals surface area (Å²) >= 11 is 1.28. The van der Waals surface area contributed by atoms with Crippen molar-refractivity contribution in [2.75, 3.05) is 57.2 Å². The Morgan fingerprint density at radius 3 is 2.28 bits per heavy atom. The van der Waals surface area contributed by atoms with Crippen molar-refractivity contribution in [3.8, 4) is 16.9 Å². The number of rotatable bonds is 8. The fourth-order valence-corrected chi connectivity index (χ4v) is 5.03. The molecule has 4 rings (SSSR count). The molecule has 11 heteroatoms. The van der Waals surface area contributed by atoms with Gasteiger partial charge in [-0.1, -0.05) is 12.1 Å². The standard InChI is InChI=1S/C25H26N4O6S/c1-34-20-9-3-17(4-10-20)21-16-36-24(23(21)25(31)35-2)26-22(30)15-27-11-13-28(14-12-27)18-5-7-19(8-6-18)29(32)33/h3-10,16H,11-15H2,1-2H3,(H,26,30). The lowest BCUT2D eigenvalue weighted by atomic mass is 10.0. The molecule has 10 nitrogen and oxygen atoms in total. The first kappa shape index (κ1) is 25.1. The molecule has 0 atom stereocenters. The zero-order chi connectivity index (χ0) is 25.7. The highest BCUT2D eigenvalue weighted by Crippen LogP contribution is 2.36. The molecular formula is C25H26N4O6S. The number of piperazine rings is 1. The second-order valence-electron chi connectivity index (χ2n) is 8.16. The zero-order valence-corrected chi connectivity index (χ0v) is 20.7. The Morgan fingerprint density at radius 1 is 1.03 bits per heavy atom. The lowest BCUT2D eigenvalue weighted by Crippen LogP contribution is -2.48. The molecule has 188 valence electrons. The third kappa shape index (κ3) is 5.64. The number of thiophene rings is 1. The van der Waals surface area contributed by atoms with E-state index >= 15 is 0 Å². The highest BCUT2D eigenvalue weighted by atomic mass is 32.1. The van der Waals surface area contributed by atoms with E-state index in [0.29, 0.717) is 48.1 Å². The van der Waals surface area contributed by atoms with Crippen molar-refractivity contribution in [2.24, 2.45) is 0 Å². The van der Waals surface area contributed by atoms with Crippen LogP contribution in [0.3, 0.4) is 0 Å². The first-order chi connectivity index (χ1) is 17.4. The minimum atomic E-state index is -0.519. The van der Waals surface area contributed by atoms with Crippen molar-refractivity contribution in [3.05, 3.63) is 69.6 Å². The molecular weight excluding hydrogens is 484 g/mol. The quantitative estimate of drug-likeness (QED) is 0.276. The van der Waals surface area contributed by atoms with Crippen LogP contribution in [0.1, 0.15) is 10.4 Å². The summed E-state index contributed by atoms with van der Waals surface area (Å²) in [5.41, 5.74) is 2.79. The Hall–Kier alpha value is -3.96. The van der Waals surface area contributed by atoms with Gasteiger partial charge in [0.2, 0.25) is 5.91 Å². The number of methoxy groups -OCH3 is 2. The van der Waals surface area contributed by atoms with Gasteiger partial charge in [0.15, 0.2) is 0 Å². The van der Waals surface area contributed by atoms with E-state index in [-0.39, 0.29) is 18.1 Å². The summed E-state index contributed by atoms with van der Waals surface area (Å²) in [4.78, 5) is 40.0. The third-order valence-electron chi connectivity index (χ3n) is 6.00. The SMILES string of the molecule is COC(=O)c1c(-c2ccc(OC)cc2)csc1NC(=O)CN1CCN(c2ccc([N+](=O)[O-])cc2)CC1. The molecule has 0 unspecified atom stereocenters. The van der Waals surface area contributed by atoms with Gasteiger partial charge >= 0.3 is 5.97 Å². The average molecular weight is 511 g/mol. The van der Waals surface area contributed by atoms with Crippen molar-refractivity contribution < 1.29 is 24.0 Å². The Labute approximate surface area is 212 Å². The lowest BCUT2D eigenvalue weighted by molar-refractivity contribution is -0.384. The predicted octanol–water partition coefficient (Wildman–Crippen LogP) is 3.88. The lowest BCUT2D eigenvalue weighted by Gasteiger charge is -2.35. The van der Waals surface area contributed by atoms with E-state index in [1.54, 1.807) is 19.2 Å². The van der Waals surface area contributed by atoms with Crippen LogP contribution in [-0.4, -0.2) is 68.6 Å². The van der Waals surface area contributed by atoms with Gasteiger partial charge in [0, 0.05) is 54.9 Å². The molecule has 0 radical (unpaired) electrons. The largest absolute Gasteiger partial charge is 0.497 e. The summed E-state index contributed by atoms with van der Waals surface area (Å²) in [6.07, 6.45) is 0. The molecule has 36 heavy (non-hydrogen) atoms. The summed E-state index contributed by atoms with van der Waals surface area (Å²) in [6.45, 7) is 2.90. The molecule has 0 aliphatic carbocycles. The molecule has 1 saturated heterocycles. The summed E-state index contributed by atoms with van der Waals surface area (Å²) in [6, 6.07) is 13.8. The number of nitrogens with one attached hydrogen (secondary N) is 1. The van der Waals surface area contributed by atoms with Gasteiger partial charge in [-0.05, 0) is 29.8 Å². The number of nitrogens with zero attached hydrogens (tertiary/aromatic N) is 3. The number of carbonyl (C=O) groups excluding carboxylic acids is 2. The highest BCUT2D eigenvalue weighted by molar-refractivity contribution is 7.15. The normalized spacial score (nSPS) is 13.8. The number of esters is 1. The monoisotopic (exact) mass is 510 g/mol. The van der Waals surface area contributed by atoms with Crippen LogP contribution in [0.5, 0.6) is 5.75 Å². The molecule has 1 N–H and O–H groups in total. The Bertz CT molecular complexity index is 1230. The summed E-state index contributed by atoms with van der Waals surface area (Å²) in [5.74, 6) is -0.0306. The number of nitro benzene ring substituents is 1. The van der Waals surface area contributed by atoms with E-state index in [4.69, 9.17) is 9.47 Å². The average Bonchev–Trinajstić information content (AvgIpc) is 3.32. The molecule has 0 saturated carbocycles. The molecule has 1 aromatic heterocycles. The number of ether oxygens (including phenoxy) is 2. The van der Waals surface area contributed by atoms with Crippen LogP contribution >= 0.6 is 11.3 Å². The predicted molar refractivity (Wildman–Crippen MR) is 138 cm³/mol. The van der Waals surface area contributed by atoms with Gasteiger partial charge in [-0.2, -0.15) is 0 Å². The number of hydrogen-bond acceptors (Lipinski definition) is 9. The maximum atomic E-state index is 12.8. The molecule has 1 amide bonds. The smallest absolute Gasteiger partial charge is 0.341 e. The molecule has 0 spiro atoms. The summed E-state index contributed by atoms with van der Waals surface area (Å²) in [5, 5.41) is 16.0. The molecule has 2 aromatic carbocycles. The molecule has 1 aliphatic rings. The minimum Gasteiger partial charge on any atom is -0.497 e. The number of nitro groups is 1. The van der Waals surface area contributed by atoms with Crippen LogP contribution < -0.4 is 15.0 Å². The number of hydrogen-bond donors (Lipinski definition) is 1. The van der Waals surface area contributed by atoms with E-state index in [0.717, 1.165) is 11.3 Å². The molecule has 0 bridgehead atoms. The van der Waals surface area contributed by atoms with E-state index in [1.165, 1.54) is 30.6 Å². The molecule has 3 aromatic rings. The Morgan fingerprint density at radius 2 is 1.69 bits per heavy atom.